The van der Waals surface area contributed by atoms with Gasteiger partial charge in [0, 0.05) is 44.0 Å². The molecule has 1 fully saturated rings. The number of nitrogens with zero attached hydrogens (tertiary/aromatic N) is 4. The molecule has 1 atom stereocenters. The minimum Gasteiger partial charge on any atom is -0.353 e. The predicted octanol–water partition coefficient (Wildman–Crippen LogP) is 3.72. The Morgan fingerprint density at radius 3 is 2.66 bits per heavy atom. The molecule has 0 bridgehead atoms. The van der Waals surface area contributed by atoms with Gasteiger partial charge in [-0.1, -0.05) is 29.4 Å². The molecule has 2 heterocycles. The number of hydrogen-bond acceptors (Lipinski definition) is 6. The lowest BCUT2D eigenvalue weighted by atomic mass is 10.1. The fraction of sp³-hybridized carbons (Fsp3) is 0.455. The van der Waals surface area contributed by atoms with Crippen molar-refractivity contribution < 1.29 is 9.59 Å². The summed E-state index contributed by atoms with van der Waals surface area (Å²) in [5.74, 6) is 0.741. The average Bonchev–Trinajstić information content (AvgIpc) is 2.74. The predicted molar refractivity (Wildman–Crippen MR) is 130 cm³/mol. The molecule has 1 aromatic heterocycles. The molecular weight excluding hydrogens is 448 g/mol. The van der Waals surface area contributed by atoms with E-state index in [1.807, 2.05) is 50.8 Å². The third kappa shape index (κ3) is 6.26. The van der Waals surface area contributed by atoms with Crippen molar-refractivity contribution in [2.45, 2.75) is 38.9 Å². The molecule has 3 rings (SSSR count). The molecule has 172 valence electrons. The molecule has 10 heteroatoms. The highest BCUT2D eigenvalue weighted by atomic mass is 35.5. The smallest absolute Gasteiger partial charge is 0.317 e. The summed E-state index contributed by atoms with van der Waals surface area (Å²) in [7, 11) is 0. The van der Waals surface area contributed by atoms with Crippen LogP contribution in [0, 0.1) is 13.8 Å². The Morgan fingerprint density at radius 1 is 1.19 bits per heavy atom. The second-order valence-corrected chi connectivity index (χ2v) is 9.12. The van der Waals surface area contributed by atoms with Crippen LogP contribution in [0.3, 0.4) is 0 Å². The molecule has 1 aliphatic heterocycles. The number of carbonyl (C=O) groups excluding carboxylic acids is 2. The molecule has 1 aliphatic rings. The molecular formula is C22H29ClN6O2S. The summed E-state index contributed by atoms with van der Waals surface area (Å²) in [4.78, 5) is 37.3. The van der Waals surface area contributed by atoms with Gasteiger partial charge in [-0.15, -0.1) is 0 Å². The first-order valence-electron chi connectivity index (χ1n) is 10.6. The molecule has 32 heavy (non-hydrogen) atoms. The van der Waals surface area contributed by atoms with Gasteiger partial charge in [-0.3, -0.25) is 4.79 Å². The zero-order valence-electron chi connectivity index (χ0n) is 18.8. The molecule has 3 amide bonds. The number of nitrogens with one attached hydrogen (secondary N) is 2. The van der Waals surface area contributed by atoms with Gasteiger partial charge in [-0.25, -0.2) is 14.8 Å². The van der Waals surface area contributed by atoms with Crippen molar-refractivity contribution in [3.63, 3.8) is 0 Å². The summed E-state index contributed by atoms with van der Waals surface area (Å²) in [6.45, 7) is 10.4. The Kier molecular flexibility index (Phi) is 8.20. The van der Waals surface area contributed by atoms with Crippen LogP contribution in [0.4, 0.5) is 16.3 Å². The van der Waals surface area contributed by atoms with Gasteiger partial charge in [-0.05, 0) is 51.0 Å². The van der Waals surface area contributed by atoms with Crippen molar-refractivity contribution >= 4 is 46.8 Å². The maximum atomic E-state index is 12.4. The van der Waals surface area contributed by atoms with E-state index in [0.717, 1.165) is 11.3 Å². The fourth-order valence-corrected chi connectivity index (χ4v) is 4.36. The van der Waals surface area contributed by atoms with Crippen LogP contribution in [-0.4, -0.2) is 64.8 Å². The molecule has 0 radical (unpaired) electrons. The minimum atomic E-state index is -0.132. The number of carbonyl (C=O) groups is 2. The fourth-order valence-electron chi connectivity index (χ4n) is 3.48. The normalized spacial score (nSPS) is 16.1. The first-order valence-corrected chi connectivity index (χ1v) is 12.0. The molecule has 0 saturated carbocycles. The standard InChI is InChI=1S/C22H29ClN6O2S/c1-5-24-22(31)29-9-8-28(12-16(29)4)19-11-18(23)26-21(27-19)32-13-20(30)25-17-7-6-14(2)15(3)10-17/h6-7,10-11,16H,5,8-9,12-13H2,1-4H3,(H,24,31)(H,25,30)/t16-/m0/s1. The number of amides is 3. The highest BCUT2D eigenvalue weighted by Gasteiger charge is 2.28. The van der Waals surface area contributed by atoms with Crippen LogP contribution < -0.4 is 15.5 Å². The van der Waals surface area contributed by atoms with E-state index < -0.39 is 0 Å². The lowest BCUT2D eigenvalue weighted by Crippen LogP contribution is -2.56. The van der Waals surface area contributed by atoms with E-state index in [-0.39, 0.29) is 23.7 Å². The Labute approximate surface area is 198 Å². The van der Waals surface area contributed by atoms with Gasteiger partial charge in [-0.2, -0.15) is 0 Å². The number of rotatable bonds is 6. The number of thioether (sulfide) groups is 1. The summed E-state index contributed by atoms with van der Waals surface area (Å²) < 4.78 is 0. The molecule has 0 spiro atoms. The molecule has 1 saturated heterocycles. The summed E-state index contributed by atoms with van der Waals surface area (Å²) in [6.07, 6.45) is 0. The quantitative estimate of drug-likeness (QED) is 0.375. The molecule has 8 nitrogen and oxygen atoms in total. The number of benzene rings is 1. The topological polar surface area (TPSA) is 90.5 Å². The van der Waals surface area contributed by atoms with Gasteiger partial charge in [0.2, 0.25) is 5.91 Å². The maximum absolute atomic E-state index is 12.4. The maximum Gasteiger partial charge on any atom is 0.317 e. The Hall–Kier alpha value is -2.52. The molecule has 1 aromatic carbocycles. The van der Waals surface area contributed by atoms with Crippen LogP contribution in [0.1, 0.15) is 25.0 Å². The zero-order valence-corrected chi connectivity index (χ0v) is 20.4. The van der Waals surface area contributed by atoms with Crippen LogP contribution in [-0.2, 0) is 4.79 Å². The number of anilines is 2. The summed E-state index contributed by atoms with van der Waals surface area (Å²) >= 11 is 7.48. The van der Waals surface area contributed by atoms with Crippen LogP contribution in [0.25, 0.3) is 0 Å². The molecule has 0 unspecified atom stereocenters. The van der Waals surface area contributed by atoms with E-state index in [1.54, 1.807) is 6.07 Å². The minimum absolute atomic E-state index is 0.0314. The van der Waals surface area contributed by atoms with E-state index in [1.165, 1.54) is 17.3 Å². The SMILES string of the molecule is CCNC(=O)N1CCN(c2cc(Cl)nc(SCC(=O)Nc3ccc(C)c(C)c3)n2)C[C@@H]1C. The van der Waals surface area contributed by atoms with Gasteiger partial charge < -0.3 is 20.4 Å². The average molecular weight is 477 g/mol. The van der Waals surface area contributed by atoms with Gasteiger partial charge in [0.1, 0.15) is 11.0 Å². The van der Waals surface area contributed by atoms with Gasteiger partial charge in [0.15, 0.2) is 5.16 Å². The van der Waals surface area contributed by atoms with E-state index in [2.05, 4.69) is 25.5 Å². The number of aryl methyl sites for hydroxylation is 2. The third-order valence-electron chi connectivity index (χ3n) is 5.32. The van der Waals surface area contributed by atoms with E-state index >= 15 is 0 Å². The van der Waals surface area contributed by atoms with E-state index in [9.17, 15) is 9.59 Å². The van der Waals surface area contributed by atoms with Crippen molar-refractivity contribution in [2.24, 2.45) is 0 Å². The lowest BCUT2D eigenvalue weighted by molar-refractivity contribution is -0.113. The number of urea groups is 1. The van der Waals surface area contributed by atoms with Crippen LogP contribution in [0.15, 0.2) is 29.4 Å². The van der Waals surface area contributed by atoms with Crippen molar-refractivity contribution in [3.05, 3.63) is 40.5 Å². The number of halogens is 1. The van der Waals surface area contributed by atoms with E-state index in [0.29, 0.717) is 42.3 Å². The van der Waals surface area contributed by atoms with Crippen molar-refractivity contribution in [1.82, 2.24) is 20.2 Å². The molecule has 2 N–H and O–H groups in total. The van der Waals surface area contributed by atoms with E-state index in [4.69, 9.17) is 11.6 Å². The Bertz CT molecular complexity index is 989. The Morgan fingerprint density at radius 2 is 1.97 bits per heavy atom. The van der Waals surface area contributed by atoms with Crippen LogP contribution >= 0.6 is 23.4 Å². The van der Waals surface area contributed by atoms with Crippen molar-refractivity contribution in [2.75, 3.05) is 42.1 Å². The zero-order chi connectivity index (χ0) is 23.3. The number of aromatic nitrogens is 2. The number of piperazine rings is 1. The third-order valence-corrected chi connectivity index (χ3v) is 6.37. The van der Waals surface area contributed by atoms with Crippen LogP contribution in [0.5, 0.6) is 0 Å². The van der Waals surface area contributed by atoms with Crippen LogP contribution in [0.2, 0.25) is 5.15 Å². The summed E-state index contributed by atoms with van der Waals surface area (Å²) in [5.41, 5.74) is 3.07. The molecule has 0 aliphatic carbocycles. The lowest BCUT2D eigenvalue weighted by Gasteiger charge is -2.40. The highest BCUT2D eigenvalue weighted by Crippen LogP contribution is 2.24. The monoisotopic (exact) mass is 476 g/mol. The second kappa shape index (κ2) is 10.9. The van der Waals surface area contributed by atoms with Gasteiger partial charge in [0.05, 0.1) is 5.75 Å². The summed E-state index contributed by atoms with van der Waals surface area (Å²) in [6, 6.07) is 7.52. The first-order chi connectivity index (χ1) is 15.3. The largest absolute Gasteiger partial charge is 0.353 e. The van der Waals surface area contributed by atoms with Crippen molar-refractivity contribution in [3.8, 4) is 0 Å². The van der Waals surface area contributed by atoms with Crippen molar-refractivity contribution in [1.29, 1.82) is 0 Å². The first kappa shape index (κ1) is 24.1. The highest BCUT2D eigenvalue weighted by molar-refractivity contribution is 7.99. The summed E-state index contributed by atoms with van der Waals surface area (Å²) in [5, 5.41) is 6.52. The van der Waals surface area contributed by atoms with Gasteiger partial charge in [0.25, 0.3) is 0 Å². The second-order valence-electron chi connectivity index (χ2n) is 7.79. The molecule has 2 aromatic rings. The number of hydrogen-bond donors (Lipinski definition) is 2. The van der Waals surface area contributed by atoms with Gasteiger partial charge >= 0.3 is 6.03 Å². The Balaban J connectivity index is 1.60.